The highest BCUT2D eigenvalue weighted by atomic mass is 32.2. The Morgan fingerprint density at radius 3 is 2.19 bits per heavy atom. The van der Waals surface area contributed by atoms with Crippen molar-refractivity contribution in [3.8, 4) is 0 Å². The van der Waals surface area contributed by atoms with Gasteiger partial charge in [-0.2, -0.15) is 0 Å². The number of amides is 2. The molecule has 5 heteroatoms. The first kappa shape index (κ1) is 25.0. The van der Waals surface area contributed by atoms with Crippen molar-refractivity contribution >= 4 is 23.6 Å². The number of hydrogen-bond donors (Lipinski definition) is 1. The van der Waals surface area contributed by atoms with Crippen LogP contribution < -0.4 is 5.32 Å². The van der Waals surface area contributed by atoms with Gasteiger partial charge in [-0.25, -0.2) is 0 Å². The molecule has 2 aromatic rings. The highest BCUT2D eigenvalue weighted by Crippen LogP contribution is 2.18. The maximum atomic E-state index is 13.3. The van der Waals surface area contributed by atoms with Crippen LogP contribution in [0.2, 0.25) is 0 Å². The molecule has 168 valence electrons. The minimum atomic E-state index is -0.466. The van der Waals surface area contributed by atoms with Crippen molar-refractivity contribution in [2.75, 3.05) is 12.3 Å². The Morgan fingerprint density at radius 2 is 1.61 bits per heavy atom. The number of carbonyl (C=O) groups is 2. The number of aryl methyl sites for hydroxylation is 2. The van der Waals surface area contributed by atoms with Crippen molar-refractivity contribution in [3.63, 3.8) is 0 Å². The van der Waals surface area contributed by atoms with Gasteiger partial charge < -0.3 is 10.2 Å². The fraction of sp³-hybridized carbons (Fsp3) is 0.462. The van der Waals surface area contributed by atoms with Crippen molar-refractivity contribution in [1.82, 2.24) is 10.2 Å². The summed E-state index contributed by atoms with van der Waals surface area (Å²) in [6.07, 6.45) is 0.587. The number of nitrogens with one attached hydrogen (secondary N) is 1. The van der Waals surface area contributed by atoms with Crippen molar-refractivity contribution in [3.05, 3.63) is 70.8 Å². The minimum Gasteiger partial charge on any atom is -0.354 e. The van der Waals surface area contributed by atoms with E-state index in [1.807, 2.05) is 38.1 Å². The molecule has 0 saturated heterocycles. The van der Waals surface area contributed by atoms with Gasteiger partial charge in [-0.05, 0) is 37.3 Å². The summed E-state index contributed by atoms with van der Waals surface area (Å²) in [5.74, 6) is 1.44. The van der Waals surface area contributed by atoms with Gasteiger partial charge in [-0.1, -0.05) is 80.4 Å². The number of benzene rings is 2. The van der Waals surface area contributed by atoms with E-state index in [2.05, 4.69) is 50.4 Å². The Balaban J connectivity index is 2.12. The summed E-state index contributed by atoms with van der Waals surface area (Å²) in [5.41, 5.74) is 4.63. The lowest BCUT2D eigenvalue weighted by atomic mass is 10.1. The zero-order chi connectivity index (χ0) is 22.8. The van der Waals surface area contributed by atoms with Gasteiger partial charge in [0.25, 0.3) is 0 Å². The highest BCUT2D eigenvalue weighted by Gasteiger charge is 2.28. The van der Waals surface area contributed by atoms with Gasteiger partial charge >= 0.3 is 0 Å². The number of nitrogens with zero attached hydrogens (tertiary/aromatic N) is 1. The van der Waals surface area contributed by atoms with E-state index >= 15 is 0 Å². The molecule has 0 heterocycles. The second kappa shape index (κ2) is 12.6. The Kier molecular flexibility index (Phi) is 10.1. The summed E-state index contributed by atoms with van der Waals surface area (Å²) in [5, 5.41) is 3.01. The standard InChI is InChI=1S/C26H36N2O2S/c1-6-24(26(30)27-15-19(2)3)28(16-22-11-7-9-20(4)13-22)25(29)18-31-17-23-12-8-10-21(5)14-23/h7-14,19,24H,6,15-18H2,1-5H3,(H,27,30)/t24-/m0/s1. The third-order valence-electron chi connectivity index (χ3n) is 5.08. The highest BCUT2D eigenvalue weighted by molar-refractivity contribution is 7.99. The van der Waals surface area contributed by atoms with Crippen molar-refractivity contribution < 1.29 is 9.59 Å². The lowest BCUT2D eigenvalue weighted by Crippen LogP contribution is -2.50. The van der Waals surface area contributed by atoms with Crippen LogP contribution in [0.25, 0.3) is 0 Å². The van der Waals surface area contributed by atoms with E-state index in [0.717, 1.165) is 16.9 Å². The maximum Gasteiger partial charge on any atom is 0.242 e. The van der Waals surface area contributed by atoms with E-state index in [1.165, 1.54) is 11.1 Å². The van der Waals surface area contributed by atoms with E-state index in [-0.39, 0.29) is 11.8 Å². The Morgan fingerprint density at radius 1 is 1.00 bits per heavy atom. The van der Waals surface area contributed by atoms with Gasteiger partial charge in [-0.15, -0.1) is 11.8 Å². The first-order valence-electron chi connectivity index (χ1n) is 11.1. The average molecular weight is 441 g/mol. The van der Waals surface area contributed by atoms with Gasteiger partial charge in [0.1, 0.15) is 6.04 Å². The fourth-order valence-electron chi connectivity index (χ4n) is 3.49. The van der Waals surface area contributed by atoms with Gasteiger partial charge in [0.2, 0.25) is 11.8 Å². The molecular formula is C26H36N2O2S. The van der Waals surface area contributed by atoms with Crippen LogP contribution in [0.3, 0.4) is 0 Å². The molecule has 2 aromatic carbocycles. The second-order valence-electron chi connectivity index (χ2n) is 8.56. The van der Waals surface area contributed by atoms with Crippen LogP contribution in [0, 0.1) is 19.8 Å². The van der Waals surface area contributed by atoms with Crippen LogP contribution in [-0.4, -0.2) is 35.1 Å². The van der Waals surface area contributed by atoms with Gasteiger partial charge in [0.15, 0.2) is 0 Å². The molecule has 4 nitrogen and oxygen atoms in total. The molecule has 2 rings (SSSR count). The molecule has 0 radical (unpaired) electrons. The zero-order valence-electron chi connectivity index (χ0n) is 19.5. The monoisotopic (exact) mass is 440 g/mol. The summed E-state index contributed by atoms with van der Waals surface area (Å²) in [4.78, 5) is 27.9. The largest absolute Gasteiger partial charge is 0.354 e. The van der Waals surface area contributed by atoms with E-state index in [9.17, 15) is 9.59 Å². The summed E-state index contributed by atoms with van der Waals surface area (Å²) < 4.78 is 0. The first-order chi connectivity index (χ1) is 14.8. The summed E-state index contributed by atoms with van der Waals surface area (Å²) in [6, 6.07) is 16.0. The maximum absolute atomic E-state index is 13.3. The summed E-state index contributed by atoms with van der Waals surface area (Å²) in [6.45, 7) is 11.3. The van der Waals surface area contributed by atoms with Crippen LogP contribution in [0.15, 0.2) is 48.5 Å². The smallest absolute Gasteiger partial charge is 0.242 e. The molecule has 0 aliphatic rings. The molecule has 31 heavy (non-hydrogen) atoms. The normalized spacial score (nSPS) is 11.9. The van der Waals surface area contributed by atoms with E-state index in [1.54, 1.807) is 16.7 Å². The summed E-state index contributed by atoms with van der Waals surface area (Å²) in [7, 11) is 0. The van der Waals surface area contributed by atoms with Gasteiger partial charge in [0.05, 0.1) is 5.75 Å². The molecule has 0 aliphatic carbocycles. The lowest BCUT2D eigenvalue weighted by Gasteiger charge is -2.31. The van der Waals surface area contributed by atoms with Crippen molar-refractivity contribution in [2.24, 2.45) is 5.92 Å². The third-order valence-corrected chi connectivity index (χ3v) is 6.07. The summed E-state index contributed by atoms with van der Waals surface area (Å²) >= 11 is 1.60. The molecule has 0 fully saturated rings. The fourth-order valence-corrected chi connectivity index (χ4v) is 4.35. The predicted molar refractivity (Wildman–Crippen MR) is 131 cm³/mol. The Hall–Kier alpha value is -2.27. The molecule has 0 spiro atoms. The Labute approximate surface area is 191 Å². The number of thioether (sulfide) groups is 1. The molecule has 0 saturated carbocycles. The minimum absolute atomic E-state index is 0.00528. The van der Waals surface area contributed by atoms with Crippen LogP contribution in [0.5, 0.6) is 0 Å². The second-order valence-corrected chi connectivity index (χ2v) is 9.54. The van der Waals surface area contributed by atoms with Crippen molar-refractivity contribution in [2.45, 2.75) is 59.4 Å². The zero-order valence-corrected chi connectivity index (χ0v) is 20.3. The van der Waals surface area contributed by atoms with Crippen LogP contribution in [0.1, 0.15) is 49.4 Å². The first-order valence-corrected chi connectivity index (χ1v) is 12.2. The number of hydrogen-bond acceptors (Lipinski definition) is 3. The van der Waals surface area contributed by atoms with Gasteiger partial charge in [0, 0.05) is 18.8 Å². The molecule has 2 amide bonds. The quantitative estimate of drug-likeness (QED) is 0.528. The molecular weight excluding hydrogens is 404 g/mol. The average Bonchev–Trinajstić information content (AvgIpc) is 2.72. The molecule has 0 aliphatic heterocycles. The van der Waals surface area contributed by atoms with Crippen molar-refractivity contribution in [1.29, 1.82) is 0 Å². The third kappa shape index (κ3) is 8.41. The lowest BCUT2D eigenvalue weighted by molar-refractivity contribution is -0.139. The molecule has 0 unspecified atom stereocenters. The van der Waals surface area contributed by atoms with Crippen LogP contribution in [0.4, 0.5) is 0 Å². The molecule has 1 N–H and O–H groups in total. The van der Waals surface area contributed by atoms with Crippen LogP contribution >= 0.6 is 11.8 Å². The van der Waals surface area contributed by atoms with Crippen LogP contribution in [-0.2, 0) is 21.9 Å². The van der Waals surface area contributed by atoms with E-state index in [4.69, 9.17) is 0 Å². The topological polar surface area (TPSA) is 49.4 Å². The number of rotatable bonds is 11. The molecule has 0 aromatic heterocycles. The molecule has 1 atom stereocenters. The predicted octanol–water partition coefficient (Wildman–Crippen LogP) is 5.12. The van der Waals surface area contributed by atoms with E-state index < -0.39 is 6.04 Å². The van der Waals surface area contributed by atoms with Gasteiger partial charge in [-0.3, -0.25) is 9.59 Å². The number of carbonyl (C=O) groups excluding carboxylic acids is 2. The van der Waals surface area contributed by atoms with E-state index in [0.29, 0.717) is 31.2 Å². The molecule has 0 bridgehead atoms. The Bertz CT molecular complexity index is 866. The SMILES string of the molecule is CC[C@@H](C(=O)NCC(C)C)N(Cc1cccc(C)c1)C(=O)CSCc1cccc(C)c1.